The van der Waals surface area contributed by atoms with E-state index in [1.54, 1.807) is 0 Å². The van der Waals surface area contributed by atoms with E-state index in [2.05, 4.69) is 4.98 Å². The maximum absolute atomic E-state index is 10.6. The summed E-state index contributed by atoms with van der Waals surface area (Å²) in [6.07, 6.45) is 0.515. The van der Waals surface area contributed by atoms with Crippen molar-refractivity contribution in [1.82, 2.24) is 9.55 Å². The van der Waals surface area contributed by atoms with Crippen LogP contribution >= 0.6 is 11.6 Å². The number of nitrogens with zero attached hydrogens (tertiary/aromatic N) is 2. The largest absolute Gasteiger partial charge is 0.481 e. The first kappa shape index (κ1) is 11.9. The Morgan fingerprint density at radius 3 is 2.88 bits per heavy atom. The van der Waals surface area contributed by atoms with Crippen molar-refractivity contribution < 1.29 is 9.90 Å². The highest BCUT2D eigenvalue weighted by Gasteiger charge is 2.12. The molecule has 1 heterocycles. The molecular formula is C12H13ClN2O2. The zero-order valence-electron chi connectivity index (χ0n) is 9.70. The van der Waals surface area contributed by atoms with Crippen LogP contribution in [-0.4, -0.2) is 20.6 Å². The molecule has 0 radical (unpaired) electrons. The Labute approximate surface area is 104 Å². The van der Waals surface area contributed by atoms with E-state index < -0.39 is 5.97 Å². The number of benzene rings is 1. The van der Waals surface area contributed by atoms with Crippen LogP contribution in [0.4, 0.5) is 0 Å². The van der Waals surface area contributed by atoms with Gasteiger partial charge < -0.3 is 9.67 Å². The van der Waals surface area contributed by atoms with Gasteiger partial charge in [0.05, 0.1) is 17.5 Å². The summed E-state index contributed by atoms with van der Waals surface area (Å²) in [5, 5.41) is 9.36. The minimum absolute atomic E-state index is 0.0872. The van der Waals surface area contributed by atoms with Crippen LogP contribution in [0.5, 0.6) is 0 Å². The van der Waals surface area contributed by atoms with Gasteiger partial charge in [-0.15, -0.1) is 0 Å². The topological polar surface area (TPSA) is 55.1 Å². The highest BCUT2D eigenvalue weighted by molar-refractivity contribution is 6.32. The van der Waals surface area contributed by atoms with Crippen LogP contribution in [0, 0.1) is 6.92 Å². The third-order valence-electron chi connectivity index (χ3n) is 2.90. The number of rotatable bonds is 3. The van der Waals surface area contributed by atoms with Crippen molar-refractivity contribution in [2.75, 3.05) is 0 Å². The maximum Gasteiger partial charge on any atom is 0.303 e. The van der Waals surface area contributed by atoms with E-state index in [4.69, 9.17) is 16.7 Å². The number of hydrogen-bond acceptors (Lipinski definition) is 2. The molecule has 0 aliphatic rings. The van der Waals surface area contributed by atoms with E-state index in [0.29, 0.717) is 11.4 Å². The molecule has 2 rings (SSSR count). The Balaban J connectivity index is 2.49. The molecule has 1 aromatic heterocycles. The first-order valence-corrected chi connectivity index (χ1v) is 5.70. The van der Waals surface area contributed by atoms with Gasteiger partial charge in [-0.05, 0) is 24.6 Å². The van der Waals surface area contributed by atoms with E-state index in [-0.39, 0.29) is 6.42 Å². The predicted molar refractivity (Wildman–Crippen MR) is 66.4 cm³/mol. The van der Waals surface area contributed by atoms with Crippen LogP contribution < -0.4 is 0 Å². The van der Waals surface area contributed by atoms with Gasteiger partial charge in [-0.2, -0.15) is 0 Å². The number of carboxylic acids is 1. The number of carboxylic acid groups (broad SMARTS) is 1. The molecule has 0 saturated heterocycles. The summed E-state index contributed by atoms with van der Waals surface area (Å²) >= 11 is 6.03. The molecule has 5 heteroatoms. The molecule has 90 valence electrons. The van der Waals surface area contributed by atoms with Crippen LogP contribution in [0.3, 0.4) is 0 Å². The number of imidazole rings is 1. The molecule has 0 amide bonds. The molecule has 0 aliphatic heterocycles. The van der Waals surface area contributed by atoms with Crippen LogP contribution in [0.2, 0.25) is 5.02 Å². The van der Waals surface area contributed by atoms with Crippen molar-refractivity contribution in [3.05, 3.63) is 28.5 Å². The summed E-state index contributed by atoms with van der Waals surface area (Å²) in [6, 6.07) is 3.74. The van der Waals surface area contributed by atoms with E-state index in [0.717, 1.165) is 22.4 Å². The molecule has 0 aliphatic carbocycles. The van der Waals surface area contributed by atoms with Crippen LogP contribution in [0.15, 0.2) is 12.1 Å². The Morgan fingerprint density at radius 2 is 2.24 bits per heavy atom. The molecule has 2 aromatic rings. The van der Waals surface area contributed by atoms with Crippen molar-refractivity contribution in [3.8, 4) is 0 Å². The van der Waals surface area contributed by atoms with Crippen molar-refractivity contribution in [2.24, 2.45) is 7.05 Å². The standard InChI is InChI=1S/C12H13ClN2O2/c1-7-8(13)3-4-9-12(7)14-10(15(9)2)5-6-11(16)17/h3-4H,5-6H2,1-2H3,(H,16,17). The minimum atomic E-state index is -0.813. The molecule has 1 N–H and O–H groups in total. The zero-order chi connectivity index (χ0) is 12.6. The van der Waals surface area contributed by atoms with Crippen LogP contribution in [0.25, 0.3) is 11.0 Å². The summed E-state index contributed by atoms with van der Waals surface area (Å²) < 4.78 is 1.92. The van der Waals surface area contributed by atoms with Gasteiger partial charge in [0.1, 0.15) is 5.82 Å². The molecule has 4 nitrogen and oxygen atoms in total. The number of aliphatic carboxylic acids is 1. The summed E-state index contributed by atoms with van der Waals surface area (Å²) in [5.41, 5.74) is 2.76. The lowest BCUT2D eigenvalue weighted by Crippen LogP contribution is -2.03. The SMILES string of the molecule is Cc1c(Cl)ccc2c1nc(CCC(=O)O)n2C. The van der Waals surface area contributed by atoms with E-state index in [1.165, 1.54) is 0 Å². The second-order valence-corrected chi connectivity index (χ2v) is 4.43. The Kier molecular flexibility index (Phi) is 3.07. The van der Waals surface area contributed by atoms with Crippen LogP contribution in [-0.2, 0) is 18.3 Å². The van der Waals surface area contributed by atoms with Gasteiger partial charge in [-0.1, -0.05) is 11.6 Å². The van der Waals surface area contributed by atoms with Crippen LogP contribution in [0.1, 0.15) is 17.8 Å². The van der Waals surface area contributed by atoms with Gasteiger partial charge in [0.15, 0.2) is 0 Å². The normalized spacial score (nSPS) is 11.0. The zero-order valence-corrected chi connectivity index (χ0v) is 10.5. The summed E-state index contributed by atoms with van der Waals surface area (Å²) in [5.74, 6) is -0.0421. The van der Waals surface area contributed by atoms with Crippen molar-refractivity contribution in [3.63, 3.8) is 0 Å². The second-order valence-electron chi connectivity index (χ2n) is 4.02. The third kappa shape index (κ3) is 2.13. The summed E-state index contributed by atoms with van der Waals surface area (Å²) in [4.78, 5) is 15.0. The quantitative estimate of drug-likeness (QED) is 0.913. The monoisotopic (exact) mass is 252 g/mol. The van der Waals surface area contributed by atoms with Crippen molar-refractivity contribution in [1.29, 1.82) is 0 Å². The second kappa shape index (κ2) is 4.37. The minimum Gasteiger partial charge on any atom is -0.481 e. The number of halogens is 1. The van der Waals surface area contributed by atoms with Gasteiger partial charge in [0.25, 0.3) is 0 Å². The molecule has 17 heavy (non-hydrogen) atoms. The average molecular weight is 253 g/mol. The van der Waals surface area contributed by atoms with Crippen molar-refractivity contribution >= 4 is 28.6 Å². The van der Waals surface area contributed by atoms with Crippen molar-refractivity contribution in [2.45, 2.75) is 19.8 Å². The Bertz CT molecular complexity index is 590. The Morgan fingerprint density at radius 1 is 1.53 bits per heavy atom. The Hall–Kier alpha value is -1.55. The van der Waals surface area contributed by atoms with Gasteiger partial charge >= 0.3 is 5.97 Å². The fraction of sp³-hybridized carbons (Fsp3) is 0.333. The molecular weight excluding hydrogens is 240 g/mol. The van der Waals surface area contributed by atoms with Gasteiger partial charge in [0.2, 0.25) is 0 Å². The predicted octanol–water partition coefficient (Wildman–Crippen LogP) is 2.55. The van der Waals surface area contributed by atoms with Gasteiger partial charge in [-0.25, -0.2) is 4.98 Å². The number of aromatic nitrogens is 2. The fourth-order valence-corrected chi connectivity index (χ4v) is 2.01. The molecule has 0 spiro atoms. The molecule has 0 fully saturated rings. The van der Waals surface area contributed by atoms with E-state index in [1.807, 2.05) is 30.7 Å². The highest BCUT2D eigenvalue weighted by Crippen LogP contribution is 2.25. The number of aryl methyl sites for hydroxylation is 3. The molecule has 0 saturated carbocycles. The lowest BCUT2D eigenvalue weighted by molar-refractivity contribution is -0.137. The lowest BCUT2D eigenvalue weighted by Gasteiger charge is -2.00. The fourth-order valence-electron chi connectivity index (χ4n) is 1.86. The smallest absolute Gasteiger partial charge is 0.303 e. The van der Waals surface area contributed by atoms with Gasteiger partial charge in [-0.3, -0.25) is 4.79 Å². The molecule has 0 bridgehead atoms. The third-order valence-corrected chi connectivity index (χ3v) is 3.30. The van der Waals surface area contributed by atoms with Gasteiger partial charge in [0, 0.05) is 18.5 Å². The maximum atomic E-state index is 10.6. The van der Waals surface area contributed by atoms with E-state index >= 15 is 0 Å². The number of fused-ring (bicyclic) bond motifs is 1. The first-order valence-electron chi connectivity index (χ1n) is 5.33. The number of hydrogen-bond donors (Lipinski definition) is 1. The first-order chi connectivity index (χ1) is 8.00. The molecule has 1 aromatic carbocycles. The van der Waals surface area contributed by atoms with E-state index in [9.17, 15) is 4.79 Å². The average Bonchev–Trinajstić information content (AvgIpc) is 2.59. The highest BCUT2D eigenvalue weighted by atomic mass is 35.5. The molecule has 0 unspecified atom stereocenters. The molecule has 0 atom stereocenters. The lowest BCUT2D eigenvalue weighted by atomic mass is 10.2. The summed E-state index contributed by atoms with van der Waals surface area (Å²) in [7, 11) is 1.89. The number of carbonyl (C=O) groups is 1. The summed E-state index contributed by atoms with van der Waals surface area (Å²) in [6.45, 7) is 1.92.